The minimum atomic E-state index is 0.608. The molecule has 138 valence electrons. The van der Waals surface area contributed by atoms with Gasteiger partial charge < -0.3 is 10.2 Å². The maximum atomic E-state index is 5.09. The molecule has 0 saturated carbocycles. The molecule has 0 bridgehead atoms. The SMILES string of the molecule is c1ccc(-c2nc3c(N4CC5CNC5C4)ccnn3c2-c2ccncc2)cc1. The molecule has 6 nitrogen and oxygen atoms in total. The van der Waals surface area contributed by atoms with Crippen molar-refractivity contribution in [1.29, 1.82) is 0 Å². The molecule has 2 aliphatic rings. The van der Waals surface area contributed by atoms with E-state index in [4.69, 9.17) is 4.98 Å². The highest BCUT2D eigenvalue weighted by Crippen LogP contribution is 2.36. The van der Waals surface area contributed by atoms with Gasteiger partial charge in [-0.2, -0.15) is 5.10 Å². The second-order valence-electron chi connectivity index (χ2n) is 7.54. The van der Waals surface area contributed by atoms with Crippen molar-refractivity contribution < 1.29 is 0 Å². The van der Waals surface area contributed by atoms with Crippen molar-refractivity contribution in [2.75, 3.05) is 24.5 Å². The summed E-state index contributed by atoms with van der Waals surface area (Å²) in [5.74, 6) is 0.747. The Hall–Kier alpha value is -3.25. The highest BCUT2D eigenvalue weighted by Gasteiger charge is 2.39. The molecule has 2 unspecified atom stereocenters. The van der Waals surface area contributed by atoms with Crippen LogP contribution in [0.3, 0.4) is 0 Å². The summed E-state index contributed by atoms with van der Waals surface area (Å²) in [5, 5.41) is 8.21. The lowest BCUT2D eigenvalue weighted by molar-refractivity contribution is 0.297. The van der Waals surface area contributed by atoms with Gasteiger partial charge in [0.25, 0.3) is 0 Å². The van der Waals surface area contributed by atoms with Crippen LogP contribution in [-0.4, -0.2) is 45.3 Å². The summed E-state index contributed by atoms with van der Waals surface area (Å²) < 4.78 is 1.99. The molecule has 2 saturated heterocycles. The second kappa shape index (κ2) is 6.14. The van der Waals surface area contributed by atoms with Crippen LogP contribution in [0.1, 0.15) is 0 Å². The maximum absolute atomic E-state index is 5.09. The number of rotatable bonds is 3. The number of anilines is 1. The Bertz CT molecular complexity index is 1130. The van der Waals surface area contributed by atoms with E-state index in [0.29, 0.717) is 6.04 Å². The van der Waals surface area contributed by atoms with E-state index in [1.54, 1.807) is 0 Å². The zero-order valence-corrected chi connectivity index (χ0v) is 15.4. The van der Waals surface area contributed by atoms with Gasteiger partial charge in [-0.25, -0.2) is 9.50 Å². The predicted molar refractivity (Wildman–Crippen MR) is 109 cm³/mol. The van der Waals surface area contributed by atoms with Crippen LogP contribution in [0.15, 0.2) is 67.1 Å². The van der Waals surface area contributed by atoms with Gasteiger partial charge in [-0.15, -0.1) is 0 Å². The molecule has 2 aliphatic heterocycles. The molecule has 0 amide bonds. The molecule has 0 radical (unpaired) electrons. The lowest BCUT2D eigenvalue weighted by atomic mass is 9.96. The first-order valence-corrected chi connectivity index (χ1v) is 9.70. The molecule has 6 heteroatoms. The Morgan fingerprint density at radius 2 is 1.75 bits per heavy atom. The Kier molecular flexibility index (Phi) is 3.46. The largest absolute Gasteiger partial charge is 0.366 e. The van der Waals surface area contributed by atoms with Crippen molar-refractivity contribution >= 4 is 11.3 Å². The van der Waals surface area contributed by atoms with Gasteiger partial charge in [0.2, 0.25) is 0 Å². The van der Waals surface area contributed by atoms with Gasteiger partial charge in [-0.3, -0.25) is 4.98 Å². The van der Waals surface area contributed by atoms with Crippen LogP contribution in [-0.2, 0) is 0 Å². The molecular formula is C22H20N6. The van der Waals surface area contributed by atoms with Crippen LogP contribution in [0.5, 0.6) is 0 Å². The Balaban J connectivity index is 1.58. The molecule has 5 heterocycles. The van der Waals surface area contributed by atoms with Crippen molar-refractivity contribution in [1.82, 2.24) is 24.9 Å². The van der Waals surface area contributed by atoms with Crippen LogP contribution < -0.4 is 10.2 Å². The number of fused-ring (bicyclic) bond motifs is 2. The molecule has 1 N–H and O–H groups in total. The van der Waals surface area contributed by atoms with Crippen LogP contribution in [0.25, 0.3) is 28.2 Å². The van der Waals surface area contributed by atoms with Crippen molar-refractivity contribution in [2.45, 2.75) is 6.04 Å². The normalized spacial score (nSPS) is 20.9. The average Bonchev–Trinajstić information content (AvgIpc) is 3.27. The van der Waals surface area contributed by atoms with E-state index in [0.717, 1.165) is 59.4 Å². The average molecular weight is 368 g/mol. The van der Waals surface area contributed by atoms with Gasteiger partial charge >= 0.3 is 0 Å². The van der Waals surface area contributed by atoms with Gasteiger partial charge in [0.1, 0.15) is 5.69 Å². The minimum absolute atomic E-state index is 0.608. The summed E-state index contributed by atoms with van der Waals surface area (Å²) in [6.45, 7) is 3.23. The number of hydrogen-bond donors (Lipinski definition) is 1. The first-order valence-electron chi connectivity index (χ1n) is 9.70. The predicted octanol–water partition coefficient (Wildman–Crippen LogP) is 2.87. The fourth-order valence-electron chi connectivity index (χ4n) is 4.40. The van der Waals surface area contributed by atoms with Gasteiger partial charge in [-0.1, -0.05) is 30.3 Å². The molecular weight excluding hydrogens is 348 g/mol. The topological polar surface area (TPSA) is 58.4 Å². The first kappa shape index (κ1) is 15.8. The number of aromatic nitrogens is 4. The van der Waals surface area contributed by atoms with Crippen molar-refractivity contribution in [3.05, 3.63) is 67.1 Å². The number of pyridine rings is 1. The summed E-state index contributed by atoms with van der Waals surface area (Å²) in [6, 6.07) is 17.1. The molecule has 4 aromatic rings. The van der Waals surface area contributed by atoms with Crippen molar-refractivity contribution in [3.63, 3.8) is 0 Å². The fraction of sp³-hybridized carbons (Fsp3) is 0.227. The van der Waals surface area contributed by atoms with E-state index in [9.17, 15) is 0 Å². The van der Waals surface area contributed by atoms with Crippen LogP contribution in [0, 0.1) is 5.92 Å². The lowest BCUT2D eigenvalue weighted by Crippen LogP contribution is -2.51. The van der Waals surface area contributed by atoms with E-state index >= 15 is 0 Å². The number of nitrogens with zero attached hydrogens (tertiary/aromatic N) is 5. The molecule has 2 fully saturated rings. The number of hydrogen-bond acceptors (Lipinski definition) is 5. The third kappa shape index (κ3) is 2.34. The molecule has 6 rings (SSSR count). The zero-order valence-electron chi connectivity index (χ0n) is 15.4. The first-order chi connectivity index (χ1) is 13.9. The summed E-state index contributed by atoms with van der Waals surface area (Å²) >= 11 is 0. The van der Waals surface area contributed by atoms with E-state index in [1.807, 2.05) is 53.4 Å². The smallest absolute Gasteiger partial charge is 0.178 e. The Labute approximate surface area is 162 Å². The van der Waals surface area contributed by atoms with Gasteiger partial charge in [0.05, 0.1) is 17.6 Å². The van der Waals surface area contributed by atoms with Crippen molar-refractivity contribution in [3.8, 4) is 22.5 Å². The van der Waals surface area contributed by atoms with Gasteiger partial charge in [0.15, 0.2) is 5.65 Å². The molecule has 3 aromatic heterocycles. The van der Waals surface area contributed by atoms with Crippen LogP contribution >= 0.6 is 0 Å². The van der Waals surface area contributed by atoms with Gasteiger partial charge in [0, 0.05) is 55.1 Å². The Morgan fingerprint density at radius 3 is 2.46 bits per heavy atom. The van der Waals surface area contributed by atoms with E-state index in [-0.39, 0.29) is 0 Å². The number of benzene rings is 1. The summed E-state index contributed by atoms with van der Waals surface area (Å²) in [7, 11) is 0. The lowest BCUT2D eigenvalue weighted by Gasteiger charge is -2.29. The van der Waals surface area contributed by atoms with Gasteiger partial charge in [-0.05, 0) is 18.2 Å². The minimum Gasteiger partial charge on any atom is -0.366 e. The zero-order chi connectivity index (χ0) is 18.5. The molecule has 1 aromatic carbocycles. The molecule has 0 aliphatic carbocycles. The molecule has 0 spiro atoms. The third-order valence-corrected chi connectivity index (χ3v) is 5.92. The standard InChI is InChI=1S/C22H20N6/c1-2-4-15(5-3-1)20-21(16-6-9-23-10-7-16)28-22(26-20)19(8-11-25-28)27-13-17-12-24-18(17)14-27/h1-11,17-18,24H,12-14H2. The quantitative estimate of drug-likeness (QED) is 0.603. The maximum Gasteiger partial charge on any atom is 0.178 e. The highest BCUT2D eigenvalue weighted by molar-refractivity contribution is 5.85. The Morgan fingerprint density at radius 1 is 0.893 bits per heavy atom. The van der Waals surface area contributed by atoms with Crippen LogP contribution in [0.4, 0.5) is 5.69 Å². The van der Waals surface area contributed by atoms with Crippen molar-refractivity contribution in [2.24, 2.45) is 5.92 Å². The molecule has 2 atom stereocenters. The number of nitrogens with one attached hydrogen (secondary N) is 1. The number of imidazole rings is 1. The second-order valence-corrected chi connectivity index (χ2v) is 7.54. The van der Waals surface area contributed by atoms with E-state index in [1.165, 1.54) is 0 Å². The monoisotopic (exact) mass is 368 g/mol. The molecule has 28 heavy (non-hydrogen) atoms. The summed E-state index contributed by atoms with van der Waals surface area (Å²) in [4.78, 5) is 11.7. The van der Waals surface area contributed by atoms with Crippen LogP contribution in [0.2, 0.25) is 0 Å². The summed E-state index contributed by atoms with van der Waals surface area (Å²) in [5.41, 5.74) is 6.18. The van der Waals surface area contributed by atoms with E-state index in [2.05, 4.69) is 38.5 Å². The third-order valence-electron chi connectivity index (χ3n) is 5.92. The van der Waals surface area contributed by atoms with E-state index < -0.39 is 0 Å². The highest BCUT2D eigenvalue weighted by atomic mass is 15.3. The fourth-order valence-corrected chi connectivity index (χ4v) is 4.40. The summed E-state index contributed by atoms with van der Waals surface area (Å²) in [6.07, 6.45) is 5.52.